The Balaban J connectivity index is 2.84. The molecule has 4 nitrogen and oxygen atoms in total. The highest BCUT2D eigenvalue weighted by atomic mass is 16.5. The molecule has 0 saturated carbocycles. The van der Waals surface area contributed by atoms with Crippen molar-refractivity contribution in [3.63, 3.8) is 0 Å². The molecule has 0 aromatic heterocycles. The summed E-state index contributed by atoms with van der Waals surface area (Å²) in [6, 6.07) is -0.387. The van der Waals surface area contributed by atoms with Gasteiger partial charge in [0.05, 0.1) is 11.2 Å². The molecule has 1 fully saturated rings. The van der Waals surface area contributed by atoms with E-state index in [0.717, 1.165) is 6.42 Å². The Morgan fingerprint density at radius 1 is 1.29 bits per heavy atom. The lowest BCUT2D eigenvalue weighted by atomic mass is 9.96. The minimum absolute atomic E-state index is 0.289. The summed E-state index contributed by atoms with van der Waals surface area (Å²) in [5, 5.41) is 9.31. The molecule has 1 atom stereocenters. The number of carbonyl (C=O) groups is 1. The van der Waals surface area contributed by atoms with Gasteiger partial charge in [-0.2, -0.15) is 0 Å². The average molecular weight is 243 g/mol. The van der Waals surface area contributed by atoms with E-state index in [1.165, 1.54) is 0 Å². The second-order valence-corrected chi connectivity index (χ2v) is 6.17. The Morgan fingerprint density at radius 2 is 1.76 bits per heavy atom. The maximum atomic E-state index is 11.3. The fraction of sp³-hybridized carbons (Fsp3) is 0.923. The first kappa shape index (κ1) is 14.5. The van der Waals surface area contributed by atoms with Crippen LogP contribution in [0.3, 0.4) is 0 Å². The van der Waals surface area contributed by atoms with Crippen molar-refractivity contribution >= 4 is 5.97 Å². The molecular weight excluding hydrogens is 218 g/mol. The van der Waals surface area contributed by atoms with Crippen molar-refractivity contribution < 1.29 is 14.6 Å². The van der Waals surface area contributed by atoms with Crippen LogP contribution in [0.4, 0.5) is 0 Å². The van der Waals surface area contributed by atoms with E-state index < -0.39 is 5.97 Å². The minimum atomic E-state index is -0.722. The van der Waals surface area contributed by atoms with Crippen molar-refractivity contribution in [1.82, 2.24) is 4.90 Å². The smallest absolute Gasteiger partial charge is 0.320 e. The van der Waals surface area contributed by atoms with Gasteiger partial charge in [0.25, 0.3) is 0 Å². The van der Waals surface area contributed by atoms with Gasteiger partial charge in [0.1, 0.15) is 6.04 Å². The molecule has 1 saturated heterocycles. The summed E-state index contributed by atoms with van der Waals surface area (Å²) in [7, 11) is 0. The Morgan fingerprint density at radius 3 is 2.12 bits per heavy atom. The number of carboxylic acid groups (broad SMARTS) is 1. The zero-order chi connectivity index (χ0) is 13.3. The van der Waals surface area contributed by atoms with Crippen molar-refractivity contribution in [1.29, 1.82) is 0 Å². The lowest BCUT2D eigenvalue weighted by Crippen LogP contribution is -2.61. The molecule has 1 heterocycles. The molecular formula is C13H25NO3. The largest absolute Gasteiger partial charge is 0.480 e. The molecule has 0 aromatic carbocycles. The minimum Gasteiger partial charge on any atom is -0.480 e. The lowest BCUT2D eigenvalue weighted by Gasteiger charge is -2.48. The van der Waals surface area contributed by atoms with Crippen LogP contribution >= 0.6 is 0 Å². The normalized spacial score (nSPS) is 25.5. The van der Waals surface area contributed by atoms with Gasteiger partial charge in [0, 0.05) is 13.1 Å². The van der Waals surface area contributed by atoms with Crippen molar-refractivity contribution in [2.75, 3.05) is 13.1 Å². The molecule has 100 valence electrons. The van der Waals surface area contributed by atoms with Crippen LogP contribution in [0.5, 0.6) is 0 Å². The van der Waals surface area contributed by atoms with Crippen LogP contribution in [0.25, 0.3) is 0 Å². The van der Waals surface area contributed by atoms with Gasteiger partial charge < -0.3 is 9.84 Å². The highest BCUT2D eigenvalue weighted by molar-refractivity contribution is 5.73. The van der Waals surface area contributed by atoms with Crippen molar-refractivity contribution in [2.24, 2.45) is 0 Å². The number of nitrogens with zero attached hydrogens (tertiary/aromatic N) is 1. The number of carboxylic acids is 1. The molecule has 0 radical (unpaired) electrons. The molecule has 1 aliphatic rings. The SMILES string of the molecule is CCCC(C(=O)O)N1CC(C)(C)OC(C)(C)C1. The summed E-state index contributed by atoms with van der Waals surface area (Å²) in [6.45, 7) is 11.4. The van der Waals surface area contributed by atoms with Crippen LogP contribution in [0.15, 0.2) is 0 Å². The van der Waals surface area contributed by atoms with Crippen LogP contribution in [0, 0.1) is 0 Å². The summed E-state index contributed by atoms with van der Waals surface area (Å²) in [5.41, 5.74) is -0.577. The van der Waals surface area contributed by atoms with Gasteiger partial charge in [-0.05, 0) is 34.1 Å². The molecule has 1 N–H and O–H groups in total. The van der Waals surface area contributed by atoms with E-state index in [1.54, 1.807) is 0 Å². The standard InChI is InChI=1S/C13H25NO3/c1-6-7-10(11(15)16)14-8-12(2,3)17-13(4,5)9-14/h10H,6-9H2,1-5H3,(H,15,16). The van der Waals surface area contributed by atoms with Gasteiger partial charge in [0.2, 0.25) is 0 Å². The molecule has 4 heteroatoms. The molecule has 0 aliphatic carbocycles. The first-order valence-electron chi connectivity index (χ1n) is 6.34. The van der Waals surface area contributed by atoms with Crippen LogP contribution < -0.4 is 0 Å². The van der Waals surface area contributed by atoms with E-state index in [0.29, 0.717) is 19.5 Å². The first-order chi connectivity index (χ1) is 7.67. The van der Waals surface area contributed by atoms with Crippen molar-refractivity contribution in [3.8, 4) is 0 Å². The number of hydrogen-bond acceptors (Lipinski definition) is 3. The molecule has 1 aliphatic heterocycles. The number of hydrogen-bond donors (Lipinski definition) is 1. The van der Waals surface area contributed by atoms with E-state index in [4.69, 9.17) is 4.74 Å². The Labute approximate surface area is 104 Å². The predicted molar refractivity (Wildman–Crippen MR) is 67.1 cm³/mol. The van der Waals surface area contributed by atoms with Gasteiger partial charge in [-0.15, -0.1) is 0 Å². The average Bonchev–Trinajstić information content (AvgIpc) is 2.08. The summed E-state index contributed by atoms with van der Waals surface area (Å²) >= 11 is 0. The third kappa shape index (κ3) is 3.96. The van der Waals surface area contributed by atoms with Crippen molar-refractivity contribution in [3.05, 3.63) is 0 Å². The fourth-order valence-electron chi connectivity index (χ4n) is 2.80. The summed E-state index contributed by atoms with van der Waals surface area (Å²) < 4.78 is 5.96. The zero-order valence-electron chi connectivity index (χ0n) is 11.6. The highest BCUT2D eigenvalue weighted by Gasteiger charge is 2.41. The van der Waals surface area contributed by atoms with Gasteiger partial charge in [0.15, 0.2) is 0 Å². The van der Waals surface area contributed by atoms with Crippen LogP contribution in [0.2, 0.25) is 0 Å². The van der Waals surface area contributed by atoms with Gasteiger partial charge in [-0.25, -0.2) is 0 Å². The molecule has 17 heavy (non-hydrogen) atoms. The van der Waals surface area contributed by atoms with E-state index >= 15 is 0 Å². The van der Waals surface area contributed by atoms with E-state index in [1.807, 2.05) is 34.6 Å². The third-order valence-corrected chi connectivity index (χ3v) is 3.01. The second-order valence-electron chi connectivity index (χ2n) is 6.17. The number of morpholine rings is 1. The third-order valence-electron chi connectivity index (χ3n) is 3.01. The van der Waals surface area contributed by atoms with Crippen molar-refractivity contribution in [2.45, 2.75) is 64.7 Å². The predicted octanol–water partition coefficient (Wildman–Crippen LogP) is 2.13. The molecule has 0 spiro atoms. The fourth-order valence-corrected chi connectivity index (χ4v) is 2.80. The Hall–Kier alpha value is -0.610. The Bertz CT molecular complexity index is 270. The molecule has 0 bridgehead atoms. The van der Waals surface area contributed by atoms with Crippen LogP contribution in [0.1, 0.15) is 47.5 Å². The summed E-state index contributed by atoms with van der Waals surface area (Å²) in [4.78, 5) is 13.4. The number of aliphatic carboxylic acids is 1. The monoisotopic (exact) mass is 243 g/mol. The summed E-state index contributed by atoms with van der Waals surface area (Å²) in [5.74, 6) is -0.722. The van der Waals surface area contributed by atoms with Gasteiger partial charge in [-0.1, -0.05) is 13.3 Å². The number of rotatable bonds is 4. The van der Waals surface area contributed by atoms with Gasteiger partial charge in [-0.3, -0.25) is 9.69 Å². The van der Waals surface area contributed by atoms with E-state index in [-0.39, 0.29) is 17.2 Å². The maximum absolute atomic E-state index is 11.3. The second kappa shape index (κ2) is 4.94. The van der Waals surface area contributed by atoms with E-state index in [2.05, 4.69) is 4.90 Å². The molecule has 1 unspecified atom stereocenters. The maximum Gasteiger partial charge on any atom is 0.320 e. The highest BCUT2D eigenvalue weighted by Crippen LogP contribution is 2.30. The van der Waals surface area contributed by atoms with Crippen LogP contribution in [-0.2, 0) is 9.53 Å². The Kier molecular flexibility index (Phi) is 4.20. The van der Waals surface area contributed by atoms with Gasteiger partial charge >= 0.3 is 5.97 Å². The first-order valence-corrected chi connectivity index (χ1v) is 6.34. The number of ether oxygens (including phenoxy) is 1. The molecule has 0 amide bonds. The zero-order valence-corrected chi connectivity index (χ0v) is 11.6. The van der Waals surface area contributed by atoms with Crippen LogP contribution in [-0.4, -0.2) is 46.3 Å². The molecule has 0 aromatic rings. The quantitative estimate of drug-likeness (QED) is 0.821. The molecule has 1 rings (SSSR count). The topological polar surface area (TPSA) is 49.8 Å². The van der Waals surface area contributed by atoms with E-state index in [9.17, 15) is 9.90 Å². The summed E-state index contributed by atoms with van der Waals surface area (Å²) in [6.07, 6.45) is 1.58. The lowest BCUT2D eigenvalue weighted by molar-refractivity contribution is -0.192.